The summed E-state index contributed by atoms with van der Waals surface area (Å²) in [4.78, 5) is 13.0. The molecule has 0 spiro atoms. The van der Waals surface area contributed by atoms with Crippen LogP contribution in [0.5, 0.6) is 5.75 Å². The van der Waals surface area contributed by atoms with Crippen LogP contribution in [0.25, 0.3) is 11.1 Å². The van der Waals surface area contributed by atoms with E-state index in [9.17, 15) is 5.11 Å². The molecule has 1 fully saturated rings. The van der Waals surface area contributed by atoms with Crippen LogP contribution in [0.4, 0.5) is 5.82 Å². The van der Waals surface area contributed by atoms with E-state index in [4.69, 9.17) is 4.42 Å². The van der Waals surface area contributed by atoms with Gasteiger partial charge < -0.3 is 14.4 Å². The summed E-state index contributed by atoms with van der Waals surface area (Å²) in [5.41, 5.74) is 1.74. The maximum atomic E-state index is 9.90. The molecule has 1 saturated heterocycles. The van der Waals surface area contributed by atoms with Crippen LogP contribution in [-0.4, -0.2) is 46.2 Å². The number of hydrogen-bond acceptors (Lipinski definition) is 6. The van der Waals surface area contributed by atoms with Gasteiger partial charge in [-0.25, -0.2) is 4.98 Å². The molecule has 4 heterocycles. The van der Waals surface area contributed by atoms with Crippen molar-refractivity contribution in [2.24, 2.45) is 0 Å². The van der Waals surface area contributed by atoms with Crippen molar-refractivity contribution in [1.82, 2.24) is 14.9 Å². The fourth-order valence-corrected chi connectivity index (χ4v) is 2.97. The van der Waals surface area contributed by atoms with Crippen LogP contribution in [0.15, 0.2) is 47.1 Å². The van der Waals surface area contributed by atoms with E-state index in [2.05, 4.69) is 19.8 Å². The molecule has 3 aromatic heterocycles. The molecule has 0 radical (unpaired) electrons. The van der Waals surface area contributed by atoms with Crippen LogP contribution >= 0.6 is 0 Å². The highest BCUT2D eigenvalue weighted by atomic mass is 16.3. The van der Waals surface area contributed by atoms with E-state index in [1.807, 2.05) is 18.2 Å². The fourth-order valence-electron chi connectivity index (χ4n) is 2.97. The molecule has 1 aliphatic heterocycles. The first-order chi connectivity index (χ1) is 11.3. The Morgan fingerprint density at radius 1 is 1.04 bits per heavy atom. The molecule has 6 heteroatoms. The third-order valence-electron chi connectivity index (χ3n) is 4.16. The van der Waals surface area contributed by atoms with Crippen LogP contribution in [0, 0.1) is 0 Å². The van der Waals surface area contributed by atoms with E-state index in [1.165, 1.54) is 0 Å². The number of nitrogens with zero attached hydrogens (tertiary/aromatic N) is 4. The summed E-state index contributed by atoms with van der Waals surface area (Å²) in [5.74, 6) is 1.84. The van der Waals surface area contributed by atoms with Crippen LogP contribution in [0.1, 0.15) is 5.76 Å². The van der Waals surface area contributed by atoms with Crippen LogP contribution in [0.2, 0.25) is 0 Å². The molecule has 4 rings (SSSR count). The quantitative estimate of drug-likeness (QED) is 0.800. The molecule has 0 amide bonds. The minimum Gasteiger partial charge on any atom is -0.504 e. The summed E-state index contributed by atoms with van der Waals surface area (Å²) in [5, 5.41) is 9.90. The van der Waals surface area contributed by atoms with Gasteiger partial charge in [0.2, 0.25) is 0 Å². The van der Waals surface area contributed by atoms with E-state index in [0.717, 1.165) is 49.6 Å². The van der Waals surface area contributed by atoms with Gasteiger partial charge in [-0.05, 0) is 24.3 Å². The third kappa shape index (κ3) is 2.85. The Morgan fingerprint density at radius 2 is 1.83 bits per heavy atom. The molecular weight excluding hydrogens is 292 g/mol. The van der Waals surface area contributed by atoms with Crippen molar-refractivity contribution in [3.05, 3.63) is 48.5 Å². The zero-order valence-electron chi connectivity index (χ0n) is 12.7. The van der Waals surface area contributed by atoms with Crippen molar-refractivity contribution in [3.8, 4) is 5.75 Å². The van der Waals surface area contributed by atoms with Crippen molar-refractivity contribution in [1.29, 1.82) is 0 Å². The lowest BCUT2D eigenvalue weighted by Gasteiger charge is -2.35. The van der Waals surface area contributed by atoms with Gasteiger partial charge in [-0.3, -0.25) is 9.88 Å². The number of piperazine rings is 1. The van der Waals surface area contributed by atoms with Gasteiger partial charge in [-0.1, -0.05) is 0 Å². The van der Waals surface area contributed by atoms with Crippen molar-refractivity contribution in [3.63, 3.8) is 0 Å². The van der Waals surface area contributed by atoms with Crippen molar-refractivity contribution in [2.75, 3.05) is 31.1 Å². The molecule has 23 heavy (non-hydrogen) atoms. The molecule has 0 unspecified atom stereocenters. The van der Waals surface area contributed by atoms with Crippen molar-refractivity contribution >= 4 is 16.9 Å². The molecule has 1 N–H and O–H groups in total. The number of hydrogen-bond donors (Lipinski definition) is 1. The monoisotopic (exact) mass is 310 g/mol. The lowest BCUT2D eigenvalue weighted by atomic mass is 10.2. The highest BCUT2D eigenvalue weighted by molar-refractivity contribution is 5.72. The molecule has 0 aliphatic carbocycles. The smallest absolute Gasteiger partial charge is 0.171 e. The lowest BCUT2D eigenvalue weighted by Crippen LogP contribution is -2.46. The van der Waals surface area contributed by atoms with Gasteiger partial charge >= 0.3 is 0 Å². The second kappa shape index (κ2) is 5.89. The Bertz CT molecular complexity index is 776. The first-order valence-corrected chi connectivity index (χ1v) is 7.74. The Hall–Kier alpha value is -2.60. The van der Waals surface area contributed by atoms with Gasteiger partial charge in [0.05, 0.1) is 6.54 Å². The first-order valence-electron chi connectivity index (χ1n) is 7.74. The number of pyridine rings is 2. The summed E-state index contributed by atoms with van der Waals surface area (Å²) in [6.07, 6.45) is 3.49. The standard InChI is InChI=1S/C17H18N4O2/c22-15-3-1-6-19-17(15)21-9-7-20(8-10-21)12-13-11-14-16(23-13)4-2-5-18-14/h1-6,11,22H,7-10,12H2. The maximum absolute atomic E-state index is 9.90. The predicted molar refractivity (Wildman–Crippen MR) is 87.4 cm³/mol. The Morgan fingerprint density at radius 3 is 2.61 bits per heavy atom. The number of anilines is 1. The maximum Gasteiger partial charge on any atom is 0.171 e. The highest BCUT2D eigenvalue weighted by Gasteiger charge is 2.21. The topological polar surface area (TPSA) is 65.6 Å². The van der Waals surface area contributed by atoms with Crippen LogP contribution < -0.4 is 4.90 Å². The van der Waals surface area contributed by atoms with E-state index in [1.54, 1.807) is 24.5 Å². The number of fused-ring (bicyclic) bond motifs is 1. The molecule has 3 aromatic rings. The molecule has 0 bridgehead atoms. The molecule has 1 aliphatic rings. The zero-order valence-corrected chi connectivity index (χ0v) is 12.7. The van der Waals surface area contributed by atoms with Gasteiger partial charge in [-0.15, -0.1) is 0 Å². The Balaban J connectivity index is 1.41. The summed E-state index contributed by atoms with van der Waals surface area (Å²) in [6.45, 7) is 4.26. The Labute approximate surface area is 134 Å². The second-order valence-electron chi connectivity index (χ2n) is 5.71. The first kappa shape index (κ1) is 14.0. The third-order valence-corrected chi connectivity index (χ3v) is 4.16. The van der Waals surface area contributed by atoms with E-state index >= 15 is 0 Å². The summed E-state index contributed by atoms with van der Waals surface area (Å²) >= 11 is 0. The lowest BCUT2D eigenvalue weighted by molar-refractivity contribution is 0.231. The molecule has 0 saturated carbocycles. The normalized spacial score (nSPS) is 16.1. The number of rotatable bonds is 3. The predicted octanol–water partition coefficient (Wildman–Crippen LogP) is 2.25. The van der Waals surface area contributed by atoms with Gasteiger partial charge in [0.15, 0.2) is 17.2 Å². The second-order valence-corrected chi connectivity index (χ2v) is 5.71. The van der Waals surface area contributed by atoms with Crippen LogP contribution in [0.3, 0.4) is 0 Å². The minimum atomic E-state index is 0.240. The Kier molecular flexibility index (Phi) is 3.59. The van der Waals surface area contributed by atoms with Crippen molar-refractivity contribution in [2.45, 2.75) is 6.54 Å². The molecular formula is C17H18N4O2. The number of aromatic hydroxyl groups is 1. The van der Waals surface area contributed by atoms with E-state index in [0.29, 0.717) is 5.82 Å². The van der Waals surface area contributed by atoms with Gasteiger partial charge in [0.25, 0.3) is 0 Å². The highest BCUT2D eigenvalue weighted by Crippen LogP contribution is 2.25. The summed E-state index contributed by atoms with van der Waals surface area (Å²) in [6, 6.07) is 9.24. The van der Waals surface area contributed by atoms with Gasteiger partial charge in [-0.2, -0.15) is 0 Å². The average molecular weight is 310 g/mol. The largest absolute Gasteiger partial charge is 0.504 e. The van der Waals surface area contributed by atoms with Crippen LogP contribution in [-0.2, 0) is 6.54 Å². The number of aromatic nitrogens is 2. The minimum absolute atomic E-state index is 0.240. The van der Waals surface area contributed by atoms with E-state index in [-0.39, 0.29) is 5.75 Å². The van der Waals surface area contributed by atoms with Gasteiger partial charge in [0, 0.05) is 44.6 Å². The van der Waals surface area contributed by atoms with E-state index < -0.39 is 0 Å². The molecule has 0 atom stereocenters. The summed E-state index contributed by atoms with van der Waals surface area (Å²) in [7, 11) is 0. The molecule has 118 valence electrons. The fraction of sp³-hybridized carbons (Fsp3) is 0.294. The van der Waals surface area contributed by atoms with Gasteiger partial charge in [0.1, 0.15) is 11.3 Å². The molecule has 6 nitrogen and oxygen atoms in total. The van der Waals surface area contributed by atoms with Crippen molar-refractivity contribution < 1.29 is 9.52 Å². The summed E-state index contributed by atoms with van der Waals surface area (Å²) < 4.78 is 5.83. The SMILES string of the molecule is Oc1cccnc1N1CCN(Cc2cc3ncccc3o2)CC1. The average Bonchev–Trinajstić information content (AvgIpc) is 2.98. The number of furan rings is 1. The molecule has 0 aromatic carbocycles. The zero-order chi connectivity index (χ0) is 15.6.